The second-order valence-corrected chi connectivity index (χ2v) is 29.8. The van der Waals surface area contributed by atoms with Gasteiger partial charge in [-0.1, -0.05) is 321 Å². The molecule has 0 amide bonds. The van der Waals surface area contributed by atoms with Gasteiger partial charge in [-0.05, 0) is 175 Å². The van der Waals surface area contributed by atoms with Crippen LogP contribution in [0.25, 0.3) is 55.6 Å². The van der Waals surface area contributed by atoms with Crippen LogP contribution in [0, 0.1) is 5.82 Å². The number of hydrogen-bond acceptors (Lipinski definition) is 6. The van der Waals surface area contributed by atoms with E-state index in [4.69, 9.17) is 0 Å². The molecule has 0 aromatic heterocycles. The van der Waals surface area contributed by atoms with Crippen molar-refractivity contribution in [3.05, 3.63) is 418 Å². The lowest BCUT2D eigenvalue weighted by Crippen LogP contribution is -2.64. The summed E-state index contributed by atoms with van der Waals surface area (Å²) in [4.78, 5) is 14.4. The normalized spacial score (nSPS) is 12.6. The topological polar surface area (TPSA) is 16.2 Å². The Labute approximate surface area is 651 Å². The summed E-state index contributed by atoms with van der Waals surface area (Å²) in [6, 6.07) is 149. The van der Waals surface area contributed by atoms with Crippen molar-refractivity contribution in [3.63, 3.8) is 0 Å². The molecule has 4 aliphatic heterocycles. The van der Waals surface area contributed by atoms with E-state index in [1.54, 1.807) is 6.07 Å². The average Bonchev–Trinajstić information content (AvgIpc) is 0.684. The van der Waals surface area contributed by atoms with Gasteiger partial charge in [0.2, 0.25) is 6.71 Å². The molecule has 0 fully saturated rings. The van der Waals surface area contributed by atoms with Gasteiger partial charge in [-0.3, -0.25) is 0 Å². The largest absolute Gasteiger partial charge is 0.311 e. The van der Waals surface area contributed by atoms with Gasteiger partial charge in [0.25, 0.3) is 6.71 Å². The van der Waals surface area contributed by atoms with E-state index >= 15 is 4.39 Å². The van der Waals surface area contributed by atoms with Crippen LogP contribution in [0.5, 0.6) is 0 Å². The number of halogens is 1. The lowest BCUT2D eigenvalue weighted by molar-refractivity contribution is 0.629. The van der Waals surface area contributed by atoms with Crippen LogP contribution in [0.3, 0.4) is 0 Å². The van der Waals surface area contributed by atoms with Gasteiger partial charge in [0.15, 0.2) is 0 Å². The maximum absolute atomic E-state index is 19.0. The fourth-order valence-electron chi connectivity index (χ4n) is 17.7. The molecule has 4 aliphatic rings. The third-order valence-electron chi connectivity index (χ3n) is 22.5. The number of benzene rings is 17. The van der Waals surface area contributed by atoms with E-state index < -0.39 is 0 Å². The SMILES string of the molecule is Fc1cccc(-c2ccccc2)c1N1c2cc3c(cc2B2c4ccccc4N(c4ccccc4)c4cc(N(c5ccc(-c6ccccc6)cc5)c5ccccc5-c5ccccc5)cc1c42)B1c2ccccc2N(c2ccccc2)c2cc(N(c4ccc(-c5ccccc5)cc4)c4ccccc4-c4ccccc4)cc(c21)S3. The molecule has 5 nitrogen and oxygen atoms in total. The molecule has 0 aliphatic carbocycles. The van der Waals surface area contributed by atoms with Crippen molar-refractivity contribution in [1.82, 2.24) is 0 Å². The highest BCUT2D eigenvalue weighted by atomic mass is 32.2. The zero-order valence-corrected chi connectivity index (χ0v) is 61.3. The number of hydrogen-bond donors (Lipinski definition) is 0. The zero-order valence-electron chi connectivity index (χ0n) is 60.4. The maximum atomic E-state index is 19.0. The van der Waals surface area contributed by atoms with Gasteiger partial charge in [-0.2, -0.15) is 0 Å². The first-order chi connectivity index (χ1) is 55.0. The van der Waals surface area contributed by atoms with Crippen LogP contribution in [0.15, 0.2) is 422 Å². The lowest BCUT2D eigenvalue weighted by Gasteiger charge is -2.46. The van der Waals surface area contributed by atoms with Crippen molar-refractivity contribution >= 4 is 143 Å². The lowest BCUT2D eigenvalue weighted by atomic mass is 9.31. The van der Waals surface area contributed by atoms with Crippen molar-refractivity contribution < 1.29 is 4.39 Å². The second kappa shape index (κ2) is 27.4. The molecule has 21 rings (SSSR count). The summed E-state index contributed by atoms with van der Waals surface area (Å²) in [6.07, 6.45) is 0. The number of nitrogens with zero attached hydrogens (tertiary/aromatic N) is 5. The maximum Gasteiger partial charge on any atom is 0.252 e. The molecule has 520 valence electrons. The molecule has 0 saturated carbocycles. The van der Waals surface area contributed by atoms with Crippen LogP contribution < -0.4 is 57.3 Å². The molecule has 17 aromatic carbocycles. The molecule has 0 bridgehead atoms. The Bertz CT molecular complexity index is 6400. The monoisotopic (exact) mass is 1440 g/mol. The van der Waals surface area contributed by atoms with Gasteiger partial charge >= 0.3 is 0 Å². The number of fused-ring (bicyclic) bond motifs is 8. The minimum Gasteiger partial charge on any atom is -0.311 e. The molecule has 17 aromatic rings. The van der Waals surface area contributed by atoms with Gasteiger partial charge in [-0.15, -0.1) is 0 Å². The predicted octanol–water partition coefficient (Wildman–Crippen LogP) is 23.9. The van der Waals surface area contributed by atoms with Crippen molar-refractivity contribution in [1.29, 1.82) is 0 Å². The Morgan fingerprint density at radius 1 is 0.234 bits per heavy atom. The minimum atomic E-state index is -0.335. The van der Waals surface area contributed by atoms with E-state index in [1.165, 1.54) is 16.4 Å². The summed E-state index contributed by atoms with van der Waals surface area (Å²) in [6.45, 7) is -0.563. The standard InChI is InChI=1S/C102H68B2FN5S/c105-89-50-30-47-84(75-39-16-5-17-40-75)102(89)110-94-68-98-88(104-86-49-25-29-54-93(86)109(77-43-20-7-21-44-77)97-65-81(66-99(111-98)101(97)104)107(79-61-57-72(58-62-79)70-33-10-2-11-34-70)91-52-27-23-46-83(91)74-37-14-4-15-38-74)67-87(94)103-85-48-24-28-53-92(85)108(76-41-18-6-19-42-76)95-63-80(64-96(110)100(95)103)106(78-59-55-71(56-60-78)69-31-8-1-9-32-69)90-51-26-22-45-82(90)73-35-12-3-13-36-73/h1-68H. The van der Waals surface area contributed by atoms with Crippen molar-refractivity contribution in [2.45, 2.75) is 9.79 Å². The fourth-order valence-corrected chi connectivity index (χ4v) is 18.9. The summed E-state index contributed by atoms with van der Waals surface area (Å²) in [5.41, 5.74) is 32.2. The van der Waals surface area contributed by atoms with E-state index in [9.17, 15) is 0 Å². The number of para-hydroxylation sites is 7. The molecule has 9 heteroatoms. The molecule has 0 atom stereocenters. The average molecular weight is 1440 g/mol. The predicted molar refractivity (Wildman–Crippen MR) is 467 cm³/mol. The first kappa shape index (κ1) is 65.4. The molecular formula is C102H68B2FN5S. The Hall–Kier alpha value is -13.9. The smallest absolute Gasteiger partial charge is 0.252 e. The van der Waals surface area contributed by atoms with E-state index in [2.05, 4.69) is 419 Å². The Kier molecular flexibility index (Phi) is 16.2. The van der Waals surface area contributed by atoms with E-state index in [0.29, 0.717) is 5.69 Å². The fraction of sp³-hybridized carbons (Fsp3) is 0. The molecule has 0 unspecified atom stereocenters. The zero-order chi connectivity index (χ0) is 73.5. The van der Waals surface area contributed by atoms with Gasteiger partial charge in [0.1, 0.15) is 5.82 Å². The molecule has 0 saturated heterocycles. The van der Waals surface area contributed by atoms with Crippen LogP contribution in [-0.2, 0) is 0 Å². The molecular weight excluding hydrogens is 1370 g/mol. The van der Waals surface area contributed by atoms with Crippen LogP contribution >= 0.6 is 11.8 Å². The molecule has 0 spiro atoms. The van der Waals surface area contributed by atoms with Crippen molar-refractivity contribution in [2.75, 3.05) is 24.5 Å². The first-order valence-electron chi connectivity index (χ1n) is 38.0. The summed E-state index contributed by atoms with van der Waals surface area (Å²) < 4.78 is 19.0. The van der Waals surface area contributed by atoms with Gasteiger partial charge in [-0.25, -0.2) is 4.39 Å². The number of anilines is 15. The molecule has 0 radical (unpaired) electrons. The third kappa shape index (κ3) is 11.2. The third-order valence-corrected chi connectivity index (χ3v) is 23.6. The second-order valence-electron chi connectivity index (χ2n) is 28.8. The summed E-state index contributed by atoms with van der Waals surface area (Å²) in [5, 5.41) is 0. The van der Waals surface area contributed by atoms with Gasteiger partial charge in [0.05, 0.1) is 22.7 Å². The van der Waals surface area contributed by atoms with Crippen LogP contribution in [-0.4, -0.2) is 13.4 Å². The van der Waals surface area contributed by atoms with E-state index in [-0.39, 0.29) is 19.2 Å². The number of rotatable bonds is 14. The van der Waals surface area contributed by atoms with Crippen LogP contribution in [0.2, 0.25) is 0 Å². The van der Waals surface area contributed by atoms with Crippen molar-refractivity contribution in [3.8, 4) is 55.6 Å². The summed E-state index contributed by atoms with van der Waals surface area (Å²) in [5.74, 6) is -0.335. The Morgan fingerprint density at radius 3 is 1.09 bits per heavy atom. The van der Waals surface area contributed by atoms with Crippen molar-refractivity contribution in [2.24, 2.45) is 0 Å². The Balaban J connectivity index is 0.848. The highest BCUT2D eigenvalue weighted by Crippen LogP contribution is 2.54. The van der Waals surface area contributed by atoms with Gasteiger partial charge in [0, 0.05) is 89.0 Å². The molecule has 111 heavy (non-hydrogen) atoms. The minimum absolute atomic E-state index is 0.229. The highest BCUT2D eigenvalue weighted by Gasteiger charge is 2.48. The molecule has 4 heterocycles. The summed E-state index contributed by atoms with van der Waals surface area (Å²) >= 11 is 1.82. The van der Waals surface area contributed by atoms with Crippen LogP contribution in [0.4, 0.5) is 89.7 Å². The molecule has 0 N–H and O–H groups in total. The summed E-state index contributed by atoms with van der Waals surface area (Å²) in [7, 11) is 0. The van der Waals surface area contributed by atoms with Gasteiger partial charge < -0.3 is 24.5 Å². The van der Waals surface area contributed by atoms with E-state index in [1.807, 2.05) is 23.9 Å². The first-order valence-corrected chi connectivity index (χ1v) is 38.8. The van der Waals surface area contributed by atoms with E-state index in [0.717, 1.165) is 161 Å². The van der Waals surface area contributed by atoms with Crippen LogP contribution in [0.1, 0.15) is 0 Å². The quantitative estimate of drug-likeness (QED) is 0.100. The Morgan fingerprint density at radius 2 is 0.604 bits per heavy atom. The highest BCUT2D eigenvalue weighted by molar-refractivity contribution is 8.00.